The Morgan fingerprint density at radius 3 is 2.37 bits per heavy atom. The Labute approximate surface area is 157 Å². The zero-order chi connectivity index (χ0) is 19.6. The van der Waals surface area contributed by atoms with Gasteiger partial charge in [-0.25, -0.2) is 13.2 Å². The van der Waals surface area contributed by atoms with Crippen LogP contribution in [0.3, 0.4) is 0 Å². The molecule has 0 radical (unpaired) electrons. The molecule has 2 aromatic carbocycles. The van der Waals surface area contributed by atoms with Crippen molar-refractivity contribution in [2.24, 2.45) is 0 Å². The smallest absolute Gasteiger partial charge is 0.326 e. The maximum absolute atomic E-state index is 12.8. The third-order valence-corrected chi connectivity index (χ3v) is 5.76. The quantitative estimate of drug-likeness (QED) is 0.759. The molecule has 3 rings (SSSR count). The lowest BCUT2D eigenvalue weighted by atomic mass is 10.1. The van der Waals surface area contributed by atoms with Crippen LogP contribution in [-0.4, -0.2) is 42.4 Å². The maximum Gasteiger partial charge on any atom is 0.326 e. The van der Waals surface area contributed by atoms with Gasteiger partial charge in [-0.1, -0.05) is 24.3 Å². The Hall–Kier alpha value is -2.87. The minimum absolute atomic E-state index is 0.0896. The van der Waals surface area contributed by atoms with Crippen LogP contribution in [0, 0.1) is 0 Å². The van der Waals surface area contributed by atoms with Crippen molar-refractivity contribution in [2.45, 2.75) is 36.7 Å². The van der Waals surface area contributed by atoms with E-state index in [0.717, 1.165) is 12.8 Å². The third kappa shape index (κ3) is 4.28. The first-order chi connectivity index (χ1) is 12.8. The largest absolute Gasteiger partial charge is 0.480 e. The van der Waals surface area contributed by atoms with Crippen LogP contribution >= 0.6 is 0 Å². The fraction of sp³-hybridized carbons (Fsp3) is 0.263. The van der Waals surface area contributed by atoms with Gasteiger partial charge in [-0.3, -0.25) is 9.52 Å². The topological polar surface area (TPSA) is 104 Å². The van der Waals surface area contributed by atoms with Crippen molar-refractivity contribution in [3.8, 4) is 0 Å². The molecule has 27 heavy (non-hydrogen) atoms. The first kappa shape index (κ1) is 18.9. The van der Waals surface area contributed by atoms with Gasteiger partial charge in [0.1, 0.15) is 6.04 Å². The van der Waals surface area contributed by atoms with Crippen LogP contribution in [0.5, 0.6) is 0 Å². The second kappa shape index (κ2) is 7.40. The van der Waals surface area contributed by atoms with Gasteiger partial charge in [-0.15, -0.1) is 0 Å². The van der Waals surface area contributed by atoms with Crippen LogP contribution in [0.2, 0.25) is 0 Å². The van der Waals surface area contributed by atoms with E-state index in [9.17, 15) is 23.1 Å². The molecule has 7 nitrogen and oxygen atoms in total. The molecule has 8 heteroatoms. The van der Waals surface area contributed by atoms with Crippen molar-refractivity contribution in [3.05, 3.63) is 60.2 Å². The van der Waals surface area contributed by atoms with E-state index in [1.165, 1.54) is 30.0 Å². The highest BCUT2D eigenvalue weighted by atomic mass is 32.2. The number of sulfonamides is 1. The fourth-order valence-electron chi connectivity index (χ4n) is 2.81. The number of hydrogen-bond acceptors (Lipinski definition) is 4. The van der Waals surface area contributed by atoms with Crippen molar-refractivity contribution >= 4 is 27.6 Å². The summed E-state index contributed by atoms with van der Waals surface area (Å²) < 4.78 is 27.3. The Morgan fingerprint density at radius 2 is 1.78 bits per heavy atom. The zero-order valence-electron chi connectivity index (χ0n) is 14.7. The van der Waals surface area contributed by atoms with Gasteiger partial charge in [0.2, 0.25) is 0 Å². The molecular formula is C19H20N2O5S. The van der Waals surface area contributed by atoms with Crippen molar-refractivity contribution < 1.29 is 23.1 Å². The van der Waals surface area contributed by atoms with E-state index in [1.807, 2.05) is 0 Å². The van der Waals surface area contributed by atoms with Crippen LogP contribution in [0.4, 0.5) is 5.69 Å². The van der Waals surface area contributed by atoms with E-state index in [1.54, 1.807) is 36.4 Å². The van der Waals surface area contributed by atoms with E-state index < -0.39 is 27.9 Å². The molecule has 1 fully saturated rings. The SMILES string of the molecule is CC(C(=O)O)N(C(=O)c1cccc(NS(=O)(=O)c2ccccc2)c1)C1CC1. The summed E-state index contributed by atoms with van der Waals surface area (Å²) in [5.74, 6) is -1.50. The number of carbonyl (C=O) groups is 2. The zero-order valence-corrected chi connectivity index (χ0v) is 15.5. The van der Waals surface area contributed by atoms with E-state index in [-0.39, 0.29) is 22.2 Å². The van der Waals surface area contributed by atoms with Crippen molar-refractivity contribution in [2.75, 3.05) is 4.72 Å². The normalized spacial score (nSPS) is 15.0. The minimum Gasteiger partial charge on any atom is -0.480 e. The molecule has 1 amide bonds. The number of amides is 1. The lowest BCUT2D eigenvalue weighted by Gasteiger charge is -2.26. The number of nitrogens with zero attached hydrogens (tertiary/aromatic N) is 1. The molecule has 2 N–H and O–H groups in total. The Balaban J connectivity index is 1.85. The summed E-state index contributed by atoms with van der Waals surface area (Å²) >= 11 is 0. The first-order valence-electron chi connectivity index (χ1n) is 8.53. The fourth-order valence-corrected chi connectivity index (χ4v) is 3.88. The molecule has 1 atom stereocenters. The van der Waals surface area contributed by atoms with Gasteiger partial charge in [-0.2, -0.15) is 0 Å². The summed E-state index contributed by atoms with van der Waals surface area (Å²) in [6.07, 6.45) is 1.54. The molecule has 0 heterocycles. The highest BCUT2D eigenvalue weighted by Crippen LogP contribution is 2.30. The van der Waals surface area contributed by atoms with Gasteiger partial charge >= 0.3 is 5.97 Å². The summed E-state index contributed by atoms with van der Waals surface area (Å²) in [4.78, 5) is 25.6. The third-order valence-electron chi connectivity index (χ3n) is 4.36. The van der Waals surface area contributed by atoms with Crippen molar-refractivity contribution in [3.63, 3.8) is 0 Å². The number of carbonyl (C=O) groups excluding carboxylic acids is 1. The maximum atomic E-state index is 12.8. The average Bonchev–Trinajstić information content (AvgIpc) is 3.47. The predicted molar refractivity (Wildman–Crippen MR) is 100.0 cm³/mol. The minimum atomic E-state index is -3.78. The standard InChI is InChI=1S/C19H20N2O5S/c1-13(19(23)24)21(16-10-11-16)18(22)14-6-5-7-15(12-14)20-27(25,26)17-8-3-2-4-9-17/h2-9,12-13,16,20H,10-11H2,1H3,(H,23,24). The molecule has 1 aliphatic rings. The summed E-state index contributed by atoms with van der Waals surface area (Å²) in [6.45, 7) is 1.47. The van der Waals surface area contributed by atoms with Crippen LogP contribution < -0.4 is 4.72 Å². The number of anilines is 1. The summed E-state index contributed by atoms with van der Waals surface area (Å²) in [6, 6.07) is 12.9. The summed E-state index contributed by atoms with van der Waals surface area (Å²) in [7, 11) is -3.78. The molecule has 0 spiro atoms. The number of nitrogens with one attached hydrogen (secondary N) is 1. The van der Waals surface area contributed by atoms with E-state index in [2.05, 4.69) is 4.72 Å². The lowest BCUT2D eigenvalue weighted by molar-refractivity contribution is -0.141. The van der Waals surface area contributed by atoms with Gasteiger partial charge in [0.05, 0.1) is 4.90 Å². The molecule has 0 aliphatic heterocycles. The second-order valence-corrected chi connectivity index (χ2v) is 8.14. The van der Waals surface area contributed by atoms with E-state index in [0.29, 0.717) is 0 Å². The van der Waals surface area contributed by atoms with Crippen molar-refractivity contribution in [1.29, 1.82) is 0 Å². The summed E-state index contributed by atoms with van der Waals surface area (Å²) in [5, 5.41) is 9.27. The molecule has 1 saturated carbocycles. The van der Waals surface area contributed by atoms with E-state index >= 15 is 0 Å². The highest BCUT2D eigenvalue weighted by molar-refractivity contribution is 7.92. The lowest BCUT2D eigenvalue weighted by Crippen LogP contribution is -2.44. The second-order valence-electron chi connectivity index (χ2n) is 6.46. The Morgan fingerprint density at radius 1 is 1.11 bits per heavy atom. The van der Waals surface area contributed by atoms with Gasteiger partial charge in [0, 0.05) is 17.3 Å². The Kier molecular flexibility index (Phi) is 5.18. The summed E-state index contributed by atoms with van der Waals surface area (Å²) in [5.41, 5.74) is 0.478. The molecule has 1 aliphatic carbocycles. The van der Waals surface area contributed by atoms with Gasteiger partial charge in [-0.05, 0) is 50.1 Å². The van der Waals surface area contributed by atoms with Crippen LogP contribution in [0.25, 0.3) is 0 Å². The van der Waals surface area contributed by atoms with Gasteiger partial charge in [0.25, 0.3) is 15.9 Å². The molecule has 0 aromatic heterocycles. The first-order valence-corrected chi connectivity index (χ1v) is 10.0. The van der Waals surface area contributed by atoms with Crippen molar-refractivity contribution in [1.82, 2.24) is 4.90 Å². The van der Waals surface area contributed by atoms with E-state index in [4.69, 9.17) is 0 Å². The number of carboxylic acids is 1. The number of hydrogen-bond donors (Lipinski definition) is 2. The number of aliphatic carboxylic acids is 1. The average molecular weight is 388 g/mol. The Bertz CT molecular complexity index is 955. The molecule has 0 saturated heterocycles. The number of benzene rings is 2. The van der Waals surface area contributed by atoms with Crippen LogP contribution in [0.15, 0.2) is 59.5 Å². The van der Waals surface area contributed by atoms with Crippen LogP contribution in [0.1, 0.15) is 30.1 Å². The molecule has 1 unspecified atom stereocenters. The number of carboxylic acid groups (broad SMARTS) is 1. The molecular weight excluding hydrogens is 368 g/mol. The monoisotopic (exact) mass is 388 g/mol. The number of rotatable bonds is 7. The molecule has 142 valence electrons. The van der Waals surface area contributed by atoms with Gasteiger partial charge < -0.3 is 10.0 Å². The molecule has 0 bridgehead atoms. The van der Waals surface area contributed by atoms with Gasteiger partial charge in [0.15, 0.2) is 0 Å². The highest BCUT2D eigenvalue weighted by Gasteiger charge is 2.38. The predicted octanol–water partition coefficient (Wildman–Crippen LogP) is 2.57. The molecule has 2 aromatic rings. The van der Waals surface area contributed by atoms with Crippen LogP contribution in [-0.2, 0) is 14.8 Å².